The van der Waals surface area contributed by atoms with Crippen molar-refractivity contribution in [2.24, 2.45) is 5.41 Å². The van der Waals surface area contributed by atoms with Gasteiger partial charge in [0.15, 0.2) is 0 Å². The van der Waals surface area contributed by atoms with Gasteiger partial charge in [0.05, 0.1) is 19.3 Å². The molecule has 1 aliphatic rings. The number of aromatic nitrogens is 2. The highest BCUT2D eigenvalue weighted by Gasteiger charge is 2.47. The molecule has 0 aliphatic carbocycles. The summed E-state index contributed by atoms with van der Waals surface area (Å²) in [7, 11) is 0. The van der Waals surface area contributed by atoms with Gasteiger partial charge in [0.25, 0.3) is 0 Å². The van der Waals surface area contributed by atoms with E-state index in [1.165, 1.54) is 0 Å². The van der Waals surface area contributed by atoms with E-state index in [1.807, 2.05) is 6.92 Å². The first-order valence-electron chi connectivity index (χ1n) is 5.40. The number of aliphatic carboxylic acids is 1. The Labute approximate surface area is 99.0 Å². The van der Waals surface area contributed by atoms with Crippen LogP contribution in [0.3, 0.4) is 0 Å². The van der Waals surface area contributed by atoms with Crippen molar-refractivity contribution >= 4 is 11.9 Å². The molecule has 0 amide bonds. The van der Waals surface area contributed by atoms with E-state index in [0.29, 0.717) is 12.6 Å². The molecule has 2 rings (SSSR count). The van der Waals surface area contributed by atoms with Crippen molar-refractivity contribution < 1.29 is 14.6 Å². The molecule has 2 N–H and O–H groups in total. The zero-order valence-electron chi connectivity index (χ0n) is 9.80. The fraction of sp³-hybridized carbons (Fsp3) is 0.545. The summed E-state index contributed by atoms with van der Waals surface area (Å²) in [6.07, 6.45) is 1.64. The van der Waals surface area contributed by atoms with E-state index in [4.69, 9.17) is 4.74 Å². The molecule has 2 unspecified atom stereocenters. The van der Waals surface area contributed by atoms with Crippen molar-refractivity contribution in [3.05, 3.63) is 18.0 Å². The lowest BCUT2D eigenvalue weighted by Gasteiger charge is -2.25. The summed E-state index contributed by atoms with van der Waals surface area (Å²) in [5.41, 5.74) is -0.106. The minimum atomic E-state index is -0.937. The van der Waals surface area contributed by atoms with Gasteiger partial charge in [0.1, 0.15) is 5.41 Å². The molecule has 92 valence electrons. The largest absolute Gasteiger partial charge is 0.481 e. The molecule has 0 bridgehead atoms. The number of nitrogens with zero attached hydrogens (tertiary/aromatic N) is 2. The van der Waals surface area contributed by atoms with E-state index in [-0.39, 0.29) is 12.6 Å². The standard InChI is InChI=1S/C11H15N3O3/c1-7-3-4-12-10(13-7)14-8-5-17-6-11(8,2)9(15)16/h3-4,8H,5-6H2,1-2H3,(H,15,16)(H,12,13,14). The SMILES string of the molecule is Cc1ccnc(NC2COCC2(C)C(=O)O)n1. The number of carboxylic acid groups (broad SMARTS) is 1. The minimum absolute atomic E-state index is 0.200. The van der Waals surface area contributed by atoms with Crippen LogP contribution in [0.25, 0.3) is 0 Å². The third kappa shape index (κ3) is 2.21. The van der Waals surface area contributed by atoms with E-state index in [0.717, 1.165) is 5.69 Å². The highest BCUT2D eigenvalue weighted by atomic mass is 16.5. The predicted molar refractivity (Wildman–Crippen MR) is 60.7 cm³/mol. The smallest absolute Gasteiger partial charge is 0.313 e. The number of anilines is 1. The molecule has 1 aromatic heterocycles. The van der Waals surface area contributed by atoms with Crippen LogP contribution in [0.1, 0.15) is 12.6 Å². The van der Waals surface area contributed by atoms with Gasteiger partial charge in [-0.15, -0.1) is 0 Å². The zero-order valence-corrected chi connectivity index (χ0v) is 9.80. The molecule has 0 saturated carbocycles. The maximum Gasteiger partial charge on any atom is 0.313 e. The normalized spacial score (nSPS) is 28.0. The first-order chi connectivity index (χ1) is 8.02. The number of rotatable bonds is 3. The monoisotopic (exact) mass is 237 g/mol. The molecule has 1 aliphatic heterocycles. The highest BCUT2D eigenvalue weighted by molar-refractivity contribution is 5.76. The Kier molecular flexibility index (Phi) is 2.97. The van der Waals surface area contributed by atoms with Crippen LogP contribution in [0, 0.1) is 12.3 Å². The molecular weight excluding hydrogens is 222 g/mol. The van der Waals surface area contributed by atoms with Crippen molar-refractivity contribution in [2.45, 2.75) is 19.9 Å². The lowest BCUT2D eigenvalue weighted by atomic mass is 9.85. The van der Waals surface area contributed by atoms with Crippen LogP contribution in [0.15, 0.2) is 12.3 Å². The van der Waals surface area contributed by atoms with E-state index in [1.54, 1.807) is 19.2 Å². The number of aryl methyl sites for hydroxylation is 1. The van der Waals surface area contributed by atoms with Crippen LogP contribution < -0.4 is 5.32 Å². The van der Waals surface area contributed by atoms with Gasteiger partial charge in [-0.25, -0.2) is 9.97 Å². The van der Waals surface area contributed by atoms with E-state index in [2.05, 4.69) is 15.3 Å². The van der Waals surface area contributed by atoms with E-state index >= 15 is 0 Å². The first kappa shape index (κ1) is 11.8. The Morgan fingerprint density at radius 2 is 2.47 bits per heavy atom. The molecule has 0 radical (unpaired) electrons. The quantitative estimate of drug-likeness (QED) is 0.804. The molecule has 17 heavy (non-hydrogen) atoms. The van der Waals surface area contributed by atoms with Crippen LogP contribution in [0.5, 0.6) is 0 Å². The number of hydrogen-bond acceptors (Lipinski definition) is 5. The van der Waals surface area contributed by atoms with Crippen molar-refractivity contribution in [3.8, 4) is 0 Å². The number of ether oxygens (including phenoxy) is 1. The summed E-state index contributed by atoms with van der Waals surface area (Å²) in [5.74, 6) is -0.437. The van der Waals surface area contributed by atoms with Gasteiger partial charge >= 0.3 is 5.97 Å². The maximum absolute atomic E-state index is 11.2. The van der Waals surface area contributed by atoms with E-state index in [9.17, 15) is 9.90 Å². The van der Waals surface area contributed by atoms with Gasteiger partial charge in [-0.1, -0.05) is 0 Å². The first-order valence-corrected chi connectivity index (χ1v) is 5.40. The summed E-state index contributed by atoms with van der Waals surface area (Å²) in [4.78, 5) is 19.5. The minimum Gasteiger partial charge on any atom is -0.481 e. The van der Waals surface area contributed by atoms with Crippen LogP contribution in [0.4, 0.5) is 5.95 Å². The van der Waals surface area contributed by atoms with Crippen LogP contribution in [-0.2, 0) is 9.53 Å². The summed E-state index contributed by atoms with van der Waals surface area (Å²) in [6.45, 7) is 4.07. The second-order valence-electron chi connectivity index (χ2n) is 4.46. The molecule has 1 saturated heterocycles. The molecule has 6 nitrogen and oxygen atoms in total. The van der Waals surface area contributed by atoms with Gasteiger partial charge in [0.2, 0.25) is 5.95 Å². The summed E-state index contributed by atoms with van der Waals surface area (Å²) >= 11 is 0. The second kappa shape index (κ2) is 4.29. The highest BCUT2D eigenvalue weighted by Crippen LogP contribution is 2.30. The topological polar surface area (TPSA) is 84.3 Å². The van der Waals surface area contributed by atoms with Gasteiger partial charge in [-0.05, 0) is 19.9 Å². The molecule has 1 aromatic rings. The molecule has 2 atom stereocenters. The van der Waals surface area contributed by atoms with Gasteiger partial charge in [-0.2, -0.15) is 0 Å². The molecule has 2 heterocycles. The second-order valence-corrected chi connectivity index (χ2v) is 4.46. The van der Waals surface area contributed by atoms with Crippen molar-refractivity contribution in [1.29, 1.82) is 0 Å². The number of hydrogen-bond donors (Lipinski definition) is 2. The number of nitrogens with one attached hydrogen (secondary N) is 1. The van der Waals surface area contributed by atoms with Crippen LogP contribution in [0.2, 0.25) is 0 Å². The summed E-state index contributed by atoms with van der Waals surface area (Å²) < 4.78 is 5.24. The fourth-order valence-corrected chi connectivity index (χ4v) is 1.76. The maximum atomic E-state index is 11.2. The summed E-state index contributed by atoms with van der Waals surface area (Å²) in [5, 5.41) is 12.2. The van der Waals surface area contributed by atoms with Crippen molar-refractivity contribution in [3.63, 3.8) is 0 Å². The Morgan fingerprint density at radius 1 is 1.71 bits per heavy atom. The molecular formula is C11H15N3O3. The van der Waals surface area contributed by atoms with E-state index < -0.39 is 11.4 Å². The Balaban J connectivity index is 2.16. The number of carboxylic acids is 1. The predicted octanol–water partition coefficient (Wildman–Crippen LogP) is 0.687. The fourth-order valence-electron chi connectivity index (χ4n) is 1.76. The Bertz CT molecular complexity index is 438. The summed E-state index contributed by atoms with van der Waals surface area (Å²) in [6, 6.07) is 1.47. The van der Waals surface area contributed by atoms with Crippen LogP contribution in [-0.4, -0.2) is 40.3 Å². The van der Waals surface area contributed by atoms with Gasteiger partial charge in [0, 0.05) is 11.9 Å². The van der Waals surface area contributed by atoms with Crippen molar-refractivity contribution in [1.82, 2.24) is 9.97 Å². The molecule has 6 heteroatoms. The zero-order chi connectivity index (χ0) is 12.5. The van der Waals surface area contributed by atoms with Gasteiger partial charge < -0.3 is 15.2 Å². The molecule has 0 aromatic carbocycles. The Hall–Kier alpha value is -1.69. The average Bonchev–Trinajstić information content (AvgIpc) is 2.62. The molecule has 1 fully saturated rings. The van der Waals surface area contributed by atoms with Gasteiger partial charge in [-0.3, -0.25) is 4.79 Å². The lowest BCUT2D eigenvalue weighted by molar-refractivity contribution is -0.148. The Morgan fingerprint density at radius 3 is 3.12 bits per heavy atom. The molecule has 0 spiro atoms. The van der Waals surface area contributed by atoms with Crippen LogP contribution >= 0.6 is 0 Å². The average molecular weight is 237 g/mol. The lowest BCUT2D eigenvalue weighted by Crippen LogP contribution is -2.43. The third-order valence-corrected chi connectivity index (χ3v) is 3.04. The van der Waals surface area contributed by atoms with Crippen molar-refractivity contribution in [2.75, 3.05) is 18.5 Å². The number of carbonyl (C=O) groups is 1. The third-order valence-electron chi connectivity index (χ3n) is 3.04.